The van der Waals surface area contributed by atoms with Gasteiger partial charge in [-0.05, 0) is 48.4 Å². The smallest absolute Gasteiger partial charge is 0.238 e. The zero-order valence-electron chi connectivity index (χ0n) is 22.4. The molecule has 5 aromatic carbocycles. The summed E-state index contributed by atoms with van der Waals surface area (Å²) in [6.07, 6.45) is 0. The average Bonchev–Trinajstić information content (AvgIpc) is 3.56. The molecule has 41 heavy (non-hydrogen) atoms. The second-order valence-corrected chi connectivity index (χ2v) is 10.3. The lowest BCUT2D eigenvalue weighted by molar-refractivity contribution is 0.972. The fraction of sp³-hybridized carbons (Fsp3) is 0.0278. The van der Waals surface area contributed by atoms with E-state index >= 15 is 0 Å². The van der Waals surface area contributed by atoms with Crippen LogP contribution in [0.15, 0.2) is 133 Å². The summed E-state index contributed by atoms with van der Waals surface area (Å²) in [5.74, 6) is 1.37. The Morgan fingerprint density at radius 2 is 1.10 bits per heavy atom. The molecular weight excluding hydrogens is 502 g/mol. The van der Waals surface area contributed by atoms with Crippen LogP contribution in [0, 0.1) is 6.92 Å². The molecule has 3 heterocycles. The van der Waals surface area contributed by atoms with Gasteiger partial charge in [0.15, 0.2) is 0 Å². The fourth-order valence-electron chi connectivity index (χ4n) is 5.65. The summed E-state index contributed by atoms with van der Waals surface area (Å²) >= 11 is 0. The van der Waals surface area contributed by atoms with Gasteiger partial charge in [0.25, 0.3) is 0 Å². The molecule has 0 saturated heterocycles. The van der Waals surface area contributed by atoms with Crippen molar-refractivity contribution < 1.29 is 0 Å². The molecule has 0 unspecified atom stereocenters. The highest BCUT2D eigenvalue weighted by molar-refractivity contribution is 5.94. The van der Waals surface area contributed by atoms with Crippen molar-refractivity contribution >= 4 is 27.8 Å². The van der Waals surface area contributed by atoms with Crippen LogP contribution < -0.4 is 0 Å². The first kappa shape index (κ1) is 23.3. The predicted molar refractivity (Wildman–Crippen MR) is 166 cm³/mol. The van der Waals surface area contributed by atoms with Gasteiger partial charge < -0.3 is 0 Å². The Morgan fingerprint density at radius 3 is 1.80 bits per heavy atom. The second-order valence-electron chi connectivity index (χ2n) is 10.3. The van der Waals surface area contributed by atoms with Crippen LogP contribution in [0.25, 0.3) is 67.4 Å². The summed E-state index contributed by atoms with van der Waals surface area (Å²) in [7, 11) is 0. The molecule has 5 nitrogen and oxygen atoms in total. The van der Waals surface area contributed by atoms with Crippen molar-refractivity contribution in [2.45, 2.75) is 6.92 Å². The summed E-state index contributed by atoms with van der Waals surface area (Å²) in [5.41, 5.74) is 11.4. The van der Waals surface area contributed by atoms with Gasteiger partial charge in [-0.2, -0.15) is 0 Å². The predicted octanol–water partition coefficient (Wildman–Crippen LogP) is 8.53. The van der Waals surface area contributed by atoms with Crippen LogP contribution in [0.4, 0.5) is 0 Å². The lowest BCUT2D eigenvalue weighted by atomic mass is 10.0. The average molecular weight is 528 g/mol. The maximum absolute atomic E-state index is 5.13. The summed E-state index contributed by atoms with van der Waals surface area (Å²) in [5, 5.41) is 0. The van der Waals surface area contributed by atoms with E-state index in [9.17, 15) is 0 Å². The first-order chi connectivity index (χ1) is 20.2. The van der Waals surface area contributed by atoms with Crippen molar-refractivity contribution in [1.29, 1.82) is 0 Å². The Bertz CT molecular complexity index is 2150. The molecule has 0 amide bonds. The number of fused-ring (bicyclic) bond motifs is 5. The molecule has 0 fully saturated rings. The molecule has 0 radical (unpaired) electrons. The van der Waals surface area contributed by atoms with Gasteiger partial charge in [0.1, 0.15) is 0 Å². The van der Waals surface area contributed by atoms with E-state index in [-0.39, 0.29) is 0 Å². The van der Waals surface area contributed by atoms with Crippen LogP contribution in [-0.4, -0.2) is 23.9 Å². The molecule has 0 atom stereocenters. The van der Waals surface area contributed by atoms with Crippen molar-refractivity contribution in [3.8, 4) is 39.6 Å². The molecule has 0 N–H and O–H groups in total. The van der Waals surface area contributed by atoms with Gasteiger partial charge >= 0.3 is 0 Å². The number of aromatic nitrogens is 5. The molecule has 0 spiro atoms. The van der Waals surface area contributed by atoms with Gasteiger partial charge in [-0.15, -0.1) is 0 Å². The molecule has 194 valence electrons. The van der Waals surface area contributed by atoms with Crippen molar-refractivity contribution in [2.24, 2.45) is 0 Å². The molecule has 0 saturated carbocycles. The number of hydrogen-bond acceptors (Lipinski definition) is 3. The van der Waals surface area contributed by atoms with Crippen molar-refractivity contribution in [3.05, 3.63) is 139 Å². The largest absolute Gasteiger partial charge is 0.276 e. The Hall–Kier alpha value is -5.55. The Labute approximate surface area is 237 Å². The van der Waals surface area contributed by atoms with Gasteiger partial charge in [-0.25, -0.2) is 19.5 Å². The number of benzene rings is 5. The van der Waals surface area contributed by atoms with Crippen LogP contribution in [-0.2, 0) is 0 Å². The number of para-hydroxylation sites is 2. The third-order valence-corrected chi connectivity index (χ3v) is 7.61. The first-order valence-electron chi connectivity index (χ1n) is 13.7. The quantitative estimate of drug-likeness (QED) is 0.230. The number of rotatable bonds is 4. The molecule has 0 aliphatic heterocycles. The number of hydrogen-bond donors (Lipinski definition) is 0. The van der Waals surface area contributed by atoms with E-state index < -0.39 is 0 Å². The minimum absolute atomic E-state index is 0.587. The Kier molecular flexibility index (Phi) is 5.28. The van der Waals surface area contributed by atoms with Crippen LogP contribution >= 0.6 is 0 Å². The van der Waals surface area contributed by atoms with E-state index in [1.165, 1.54) is 11.1 Å². The van der Waals surface area contributed by atoms with E-state index in [0.717, 1.165) is 55.9 Å². The number of nitrogens with zero attached hydrogens (tertiary/aromatic N) is 5. The van der Waals surface area contributed by atoms with Crippen LogP contribution in [0.2, 0.25) is 0 Å². The van der Waals surface area contributed by atoms with Crippen molar-refractivity contribution in [1.82, 2.24) is 23.9 Å². The highest BCUT2D eigenvalue weighted by Crippen LogP contribution is 2.33. The molecule has 0 aliphatic rings. The Morgan fingerprint density at radius 1 is 0.463 bits per heavy atom. The number of imidazole rings is 2. The highest BCUT2D eigenvalue weighted by Gasteiger charge is 2.21. The normalized spacial score (nSPS) is 11.5. The van der Waals surface area contributed by atoms with E-state index in [1.54, 1.807) is 0 Å². The second kappa shape index (κ2) is 9.28. The van der Waals surface area contributed by atoms with Crippen molar-refractivity contribution in [3.63, 3.8) is 0 Å². The zero-order valence-corrected chi connectivity index (χ0v) is 22.4. The van der Waals surface area contributed by atoms with E-state index in [2.05, 4.69) is 107 Å². The molecule has 0 aliphatic carbocycles. The minimum atomic E-state index is 0.587. The summed E-state index contributed by atoms with van der Waals surface area (Å²) in [4.78, 5) is 15.4. The maximum Gasteiger partial charge on any atom is 0.238 e. The van der Waals surface area contributed by atoms with Gasteiger partial charge in [-0.3, -0.25) is 4.40 Å². The van der Waals surface area contributed by atoms with Crippen LogP contribution in [0.1, 0.15) is 5.56 Å². The van der Waals surface area contributed by atoms with Crippen LogP contribution in [0.5, 0.6) is 0 Å². The van der Waals surface area contributed by atoms with Gasteiger partial charge in [-0.1, -0.05) is 109 Å². The van der Waals surface area contributed by atoms with Crippen molar-refractivity contribution in [2.75, 3.05) is 0 Å². The zero-order chi connectivity index (χ0) is 27.3. The molecule has 5 heteroatoms. The minimum Gasteiger partial charge on any atom is -0.276 e. The monoisotopic (exact) mass is 527 g/mol. The number of aryl methyl sites for hydroxylation is 1. The topological polar surface area (TPSA) is 48.0 Å². The highest BCUT2D eigenvalue weighted by atomic mass is 15.3. The SMILES string of the molecule is Cc1cccc(-c2ccc3c(c2)n2c4ccccc4nc2n3-c2nc(-c3ccccc3)cc(-c3ccccc3)n2)c1. The van der Waals surface area contributed by atoms with Gasteiger partial charge in [0.2, 0.25) is 11.7 Å². The van der Waals surface area contributed by atoms with E-state index in [0.29, 0.717) is 5.95 Å². The Balaban J connectivity index is 1.45. The third kappa shape index (κ3) is 3.90. The standard InChI is InChI=1S/C36H25N5/c1-24-11-10-16-27(21-24)28-19-20-33-34(22-28)40-32-18-9-8-17-29(32)39-36(40)41(33)35-37-30(25-12-4-2-5-13-25)23-31(38-35)26-14-6-3-7-15-26/h2-23H,1H3. The van der Waals surface area contributed by atoms with Gasteiger partial charge in [0, 0.05) is 11.1 Å². The van der Waals surface area contributed by atoms with E-state index in [1.807, 2.05) is 42.5 Å². The summed E-state index contributed by atoms with van der Waals surface area (Å²) < 4.78 is 4.32. The lowest BCUT2D eigenvalue weighted by Crippen LogP contribution is -2.04. The molecule has 8 rings (SSSR count). The maximum atomic E-state index is 5.13. The molecular formula is C36H25N5. The summed E-state index contributed by atoms with van der Waals surface area (Å²) in [6.45, 7) is 2.13. The van der Waals surface area contributed by atoms with Crippen LogP contribution in [0.3, 0.4) is 0 Å². The summed E-state index contributed by atoms with van der Waals surface area (Å²) in [6, 6.07) is 46.1. The fourth-order valence-corrected chi connectivity index (χ4v) is 5.65. The molecule has 8 aromatic rings. The molecule has 0 bridgehead atoms. The third-order valence-electron chi connectivity index (χ3n) is 7.61. The van der Waals surface area contributed by atoms with Gasteiger partial charge in [0.05, 0.1) is 33.5 Å². The first-order valence-corrected chi connectivity index (χ1v) is 13.7. The van der Waals surface area contributed by atoms with E-state index in [4.69, 9.17) is 15.0 Å². The molecule has 3 aromatic heterocycles. The lowest BCUT2D eigenvalue weighted by Gasteiger charge is -2.11.